The molecule has 5 heteroatoms. The second-order valence-electron chi connectivity index (χ2n) is 5.41. The van der Waals surface area contributed by atoms with Gasteiger partial charge < -0.3 is 19.7 Å². The summed E-state index contributed by atoms with van der Waals surface area (Å²) < 4.78 is 10.8. The monoisotopic (exact) mass is 272 g/mol. The van der Waals surface area contributed by atoms with Crippen LogP contribution in [0.15, 0.2) is 0 Å². The third-order valence-electron chi connectivity index (χ3n) is 3.23. The molecule has 1 aliphatic rings. The normalized spacial score (nSPS) is 17.8. The highest BCUT2D eigenvalue weighted by Crippen LogP contribution is 2.01. The van der Waals surface area contributed by atoms with Crippen LogP contribution in [-0.2, 0) is 14.3 Å². The van der Waals surface area contributed by atoms with Crippen LogP contribution >= 0.6 is 0 Å². The molecule has 1 atom stereocenters. The molecule has 19 heavy (non-hydrogen) atoms. The van der Waals surface area contributed by atoms with Crippen LogP contribution in [0.1, 0.15) is 27.2 Å². The summed E-state index contributed by atoms with van der Waals surface area (Å²) >= 11 is 0. The minimum Gasteiger partial charge on any atom is -0.380 e. The highest BCUT2D eigenvalue weighted by Gasteiger charge is 2.21. The molecule has 5 nitrogen and oxygen atoms in total. The van der Waals surface area contributed by atoms with Crippen LogP contribution in [0, 0.1) is 5.92 Å². The number of amides is 1. The van der Waals surface area contributed by atoms with Crippen LogP contribution in [-0.4, -0.2) is 62.9 Å². The molecule has 0 saturated carbocycles. The van der Waals surface area contributed by atoms with E-state index in [1.807, 2.05) is 11.8 Å². The molecule has 0 radical (unpaired) electrons. The topological polar surface area (TPSA) is 50.8 Å². The molecular weight excluding hydrogens is 244 g/mol. The molecule has 1 amide bonds. The summed E-state index contributed by atoms with van der Waals surface area (Å²) in [6.45, 7) is 11.2. The van der Waals surface area contributed by atoms with Crippen molar-refractivity contribution in [2.24, 2.45) is 5.92 Å². The van der Waals surface area contributed by atoms with E-state index in [1.165, 1.54) is 0 Å². The molecule has 1 rings (SSSR count). The maximum absolute atomic E-state index is 12.1. The maximum Gasteiger partial charge on any atom is 0.239 e. The minimum atomic E-state index is -0.146. The van der Waals surface area contributed by atoms with Gasteiger partial charge in [0.1, 0.15) is 0 Å². The average Bonchev–Trinajstić information content (AvgIpc) is 2.42. The van der Waals surface area contributed by atoms with E-state index in [0.717, 1.165) is 19.6 Å². The summed E-state index contributed by atoms with van der Waals surface area (Å²) in [4.78, 5) is 13.9. The summed E-state index contributed by atoms with van der Waals surface area (Å²) in [6.07, 6.45) is 1.09. The van der Waals surface area contributed by atoms with Crippen molar-refractivity contribution in [3.63, 3.8) is 0 Å². The number of morpholine rings is 1. The molecule has 1 aliphatic heterocycles. The zero-order chi connectivity index (χ0) is 14.1. The molecule has 1 heterocycles. The molecule has 1 fully saturated rings. The first kappa shape index (κ1) is 16.4. The molecule has 1 N–H and O–H groups in total. The van der Waals surface area contributed by atoms with Gasteiger partial charge in [0, 0.05) is 26.2 Å². The van der Waals surface area contributed by atoms with Crippen LogP contribution in [0.4, 0.5) is 0 Å². The van der Waals surface area contributed by atoms with Crippen molar-refractivity contribution in [2.75, 3.05) is 46.1 Å². The first-order chi connectivity index (χ1) is 9.11. The van der Waals surface area contributed by atoms with Crippen LogP contribution in [0.5, 0.6) is 0 Å². The Hall–Kier alpha value is -0.650. The second-order valence-corrected chi connectivity index (χ2v) is 5.41. The van der Waals surface area contributed by atoms with E-state index in [0.29, 0.717) is 38.8 Å². The van der Waals surface area contributed by atoms with E-state index in [9.17, 15) is 4.79 Å². The Labute approximate surface area is 116 Å². The van der Waals surface area contributed by atoms with Crippen molar-refractivity contribution >= 4 is 5.91 Å². The lowest BCUT2D eigenvalue weighted by molar-refractivity contribution is -0.137. The summed E-state index contributed by atoms with van der Waals surface area (Å²) in [6, 6.07) is -0.146. The first-order valence-corrected chi connectivity index (χ1v) is 7.29. The zero-order valence-corrected chi connectivity index (χ0v) is 12.5. The highest BCUT2D eigenvalue weighted by atomic mass is 16.5. The Morgan fingerprint density at radius 3 is 2.58 bits per heavy atom. The maximum atomic E-state index is 12.1. The van der Waals surface area contributed by atoms with E-state index in [1.54, 1.807) is 0 Å². The third-order valence-corrected chi connectivity index (χ3v) is 3.23. The Bertz CT molecular complexity index is 253. The summed E-state index contributed by atoms with van der Waals surface area (Å²) in [5.74, 6) is 0.834. The van der Waals surface area contributed by atoms with E-state index in [-0.39, 0.29) is 11.9 Å². The number of nitrogens with zero attached hydrogens (tertiary/aromatic N) is 1. The Morgan fingerprint density at radius 2 is 1.95 bits per heavy atom. The number of carbonyl (C=O) groups is 1. The van der Waals surface area contributed by atoms with Crippen molar-refractivity contribution in [2.45, 2.75) is 33.2 Å². The van der Waals surface area contributed by atoms with Gasteiger partial charge in [-0.2, -0.15) is 0 Å². The fraction of sp³-hybridized carbons (Fsp3) is 0.929. The zero-order valence-electron chi connectivity index (χ0n) is 12.5. The molecule has 112 valence electrons. The fourth-order valence-electron chi connectivity index (χ4n) is 1.91. The van der Waals surface area contributed by atoms with Crippen LogP contribution < -0.4 is 5.32 Å². The van der Waals surface area contributed by atoms with Gasteiger partial charge in [-0.25, -0.2) is 0 Å². The van der Waals surface area contributed by atoms with Gasteiger partial charge in [0.15, 0.2) is 0 Å². The van der Waals surface area contributed by atoms with Gasteiger partial charge >= 0.3 is 0 Å². The first-order valence-electron chi connectivity index (χ1n) is 7.29. The van der Waals surface area contributed by atoms with Gasteiger partial charge in [0.25, 0.3) is 0 Å². The standard InChI is InChI=1S/C14H28N2O3/c1-12(2)4-8-18-9-5-15-13(3)14(17)16-6-10-19-11-7-16/h12-13,15H,4-11H2,1-3H3. The van der Waals surface area contributed by atoms with Crippen molar-refractivity contribution in [1.82, 2.24) is 10.2 Å². The molecule has 1 saturated heterocycles. The largest absolute Gasteiger partial charge is 0.380 e. The van der Waals surface area contributed by atoms with E-state index in [2.05, 4.69) is 19.2 Å². The van der Waals surface area contributed by atoms with Gasteiger partial charge in [-0.1, -0.05) is 13.8 Å². The smallest absolute Gasteiger partial charge is 0.239 e. The predicted octanol–water partition coefficient (Wildman–Crippen LogP) is 0.886. The Kier molecular flexibility index (Phi) is 8.02. The lowest BCUT2D eigenvalue weighted by Gasteiger charge is -2.29. The third kappa shape index (κ3) is 6.89. The molecule has 0 spiro atoms. The number of carbonyl (C=O) groups excluding carboxylic acids is 1. The predicted molar refractivity (Wildman–Crippen MR) is 75.1 cm³/mol. The molecule has 0 aliphatic carbocycles. The molecule has 0 bridgehead atoms. The fourth-order valence-corrected chi connectivity index (χ4v) is 1.91. The van der Waals surface area contributed by atoms with Crippen molar-refractivity contribution < 1.29 is 14.3 Å². The van der Waals surface area contributed by atoms with Crippen LogP contribution in [0.25, 0.3) is 0 Å². The van der Waals surface area contributed by atoms with Gasteiger partial charge in [-0.15, -0.1) is 0 Å². The second kappa shape index (κ2) is 9.28. The number of nitrogens with one attached hydrogen (secondary N) is 1. The summed E-state index contributed by atoms with van der Waals surface area (Å²) in [5, 5.41) is 3.21. The van der Waals surface area contributed by atoms with Crippen molar-refractivity contribution in [1.29, 1.82) is 0 Å². The van der Waals surface area contributed by atoms with Crippen LogP contribution in [0.2, 0.25) is 0 Å². The lowest BCUT2D eigenvalue weighted by atomic mass is 10.1. The minimum absolute atomic E-state index is 0.146. The number of hydrogen-bond acceptors (Lipinski definition) is 4. The molecule has 0 aromatic carbocycles. The number of ether oxygens (including phenoxy) is 2. The average molecular weight is 272 g/mol. The van der Waals surface area contributed by atoms with Crippen LogP contribution in [0.3, 0.4) is 0 Å². The summed E-state index contributed by atoms with van der Waals surface area (Å²) in [5.41, 5.74) is 0. The molecule has 1 unspecified atom stereocenters. The molecule has 0 aromatic heterocycles. The van der Waals surface area contributed by atoms with Crippen molar-refractivity contribution in [3.8, 4) is 0 Å². The summed E-state index contributed by atoms with van der Waals surface area (Å²) in [7, 11) is 0. The molecular formula is C14H28N2O3. The SMILES string of the molecule is CC(C)CCOCCNC(C)C(=O)N1CCOCC1. The highest BCUT2D eigenvalue weighted by molar-refractivity contribution is 5.81. The van der Waals surface area contributed by atoms with Gasteiger partial charge in [-0.3, -0.25) is 4.79 Å². The Morgan fingerprint density at radius 1 is 1.26 bits per heavy atom. The van der Waals surface area contributed by atoms with Gasteiger partial charge in [-0.05, 0) is 19.3 Å². The van der Waals surface area contributed by atoms with Gasteiger partial charge in [0.2, 0.25) is 5.91 Å². The van der Waals surface area contributed by atoms with E-state index < -0.39 is 0 Å². The van der Waals surface area contributed by atoms with Gasteiger partial charge in [0.05, 0.1) is 25.9 Å². The number of hydrogen-bond donors (Lipinski definition) is 1. The van der Waals surface area contributed by atoms with E-state index in [4.69, 9.17) is 9.47 Å². The van der Waals surface area contributed by atoms with Crippen molar-refractivity contribution in [3.05, 3.63) is 0 Å². The molecule has 0 aromatic rings. The number of rotatable bonds is 8. The van der Waals surface area contributed by atoms with E-state index >= 15 is 0 Å². The quantitative estimate of drug-likeness (QED) is 0.667. The Balaban J connectivity index is 2.06. The lowest BCUT2D eigenvalue weighted by Crippen LogP contribution is -2.49.